The topological polar surface area (TPSA) is 34.6 Å². The van der Waals surface area contributed by atoms with E-state index in [0.29, 0.717) is 0 Å². The molecule has 24 heavy (non-hydrogen) atoms. The van der Waals surface area contributed by atoms with Gasteiger partial charge >= 0.3 is 0 Å². The van der Waals surface area contributed by atoms with Crippen molar-refractivity contribution in [1.82, 2.24) is 4.98 Å². The molecule has 3 aliphatic rings. The molecule has 2 unspecified atom stereocenters. The van der Waals surface area contributed by atoms with Gasteiger partial charge in [-0.1, -0.05) is 26.8 Å². The summed E-state index contributed by atoms with van der Waals surface area (Å²) < 4.78 is 6.67. The number of aryl methyl sites for hydroxylation is 1. The summed E-state index contributed by atoms with van der Waals surface area (Å²) in [6.07, 6.45) is 4.25. The SMILES string of the molecule is Cc1cccc(N2OC3(C)C=C(O[Si](C)(C)C(C)(C)C)C2CC3)n1. The Hall–Kier alpha value is -1.33. The normalized spacial score (nSPS) is 27.2. The summed E-state index contributed by atoms with van der Waals surface area (Å²) in [5, 5.41) is 2.15. The van der Waals surface area contributed by atoms with Crippen molar-refractivity contribution in [2.45, 2.75) is 77.2 Å². The zero-order valence-corrected chi connectivity index (χ0v) is 17.0. The lowest BCUT2D eigenvalue weighted by Gasteiger charge is -2.51. The van der Waals surface area contributed by atoms with E-state index in [1.807, 2.05) is 30.2 Å². The Kier molecular flexibility index (Phi) is 4.08. The molecule has 132 valence electrons. The molecule has 0 aromatic carbocycles. The Morgan fingerprint density at radius 3 is 2.62 bits per heavy atom. The summed E-state index contributed by atoms with van der Waals surface area (Å²) in [5.41, 5.74) is 0.691. The Bertz CT molecular complexity index is 666. The number of hydrogen-bond donors (Lipinski definition) is 0. The molecule has 0 saturated carbocycles. The highest BCUT2D eigenvalue weighted by Crippen LogP contribution is 2.45. The van der Waals surface area contributed by atoms with E-state index >= 15 is 0 Å². The minimum absolute atomic E-state index is 0.121. The van der Waals surface area contributed by atoms with Gasteiger partial charge in [-0.15, -0.1) is 0 Å². The molecular weight excluding hydrogens is 316 g/mol. The zero-order valence-electron chi connectivity index (χ0n) is 16.0. The van der Waals surface area contributed by atoms with E-state index in [1.165, 1.54) is 0 Å². The van der Waals surface area contributed by atoms with Gasteiger partial charge in [-0.2, -0.15) is 0 Å². The van der Waals surface area contributed by atoms with Crippen LogP contribution in [0.2, 0.25) is 18.1 Å². The van der Waals surface area contributed by atoms with Crippen LogP contribution in [-0.2, 0) is 9.26 Å². The predicted octanol–water partition coefficient (Wildman–Crippen LogP) is 4.97. The molecule has 1 fully saturated rings. The minimum atomic E-state index is -1.88. The lowest BCUT2D eigenvalue weighted by atomic mass is 9.87. The fraction of sp³-hybridized carbons (Fsp3) is 0.632. The minimum Gasteiger partial charge on any atom is -0.545 e. The van der Waals surface area contributed by atoms with Crippen LogP contribution >= 0.6 is 0 Å². The molecule has 0 N–H and O–H groups in total. The molecule has 5 heteroatoms. The first-order valence-electron chi connectivity index (χ1n) is 8.85. The second kappa shape index (κ2) is 5.60. The van der Waals surface area contributed by atoms with Gasteiger partial charge in [0.1, 0.15) is 17.4 Å². The molecule has 0 amide bonds. The molecule has 0 spiro atoms. The first kappa shape index (κ1) is 17.5. The lowest BCUT2D eigenvalue weighted by molar-refractivity contribution is -0.0800. The zero-order chi connectivity index (χ0) is 17.8. The number of nitrogens with zero attached hydrogens (tertiary/aromatic N) is 2. The van der Waals surface area contributed by atoms with Gasteiger partial charge in [-0.05, 0) is 63.0 Å². The Morgan fingerprint density at radius 2 is 2.04 bits per heavy atom. The molecule has 2 aliphatic heterocycles. The number of hydrogen-bond acceptors (Lipinski definition) is 4. The molecule has 0 radical (unpaired) electrons. The number of rotatable bonds is 3. The fourth-order valence-electron chi connectivity index (χ4n) is 3.03. The van der Waals surface area contributed by atoms with Crippen LogP contribution < -0.4 is 5.06 Å². The fourth-order valence-corrected chi connectivity index (χ4v) is 4.12. The summed E-state index contributed by atoms with van der Waals surface area (Å²) in [5.74, 6) is 1.94. The number of fused-ring (bicyclic) bond motifs is 2. The van der Waals surface area contributed by atoms with E-state index in [9.17, 15) is 0 Å². The maximum absolute atomic E-state index is 6.67. The van der Waals surface area contributed by atoms with Gasteiger partial charge in [0.2, 0.25) is 8.32 Å². The van der Waals surface area contributed by atoms with E-state index in [0.717, 1.165) is 30.1 Å². The molecular formula is C19H30N2O2Si. The average Bonchev–Trinajstić information content (AvgIpc) is 2.45. The molecule has 3 heterocycles. The van der Waals surface area contributed by atoms with Crippen molar-refractivity contribution in [3.05, 3.63) is 35.7 Å². The molecule has 1 aromatic rings. The monoisotopic (exact) mass is 346 g/mol. The molecule has 2 bridgehead atoms. The number of aromatic nitrogens is 1. The van der Waals surface area contributed by atoms with Crippen molar-refractivity contribution in [1.29, 1.82) is 0 Å². The molecule has 1 aliphatic carbocycles. The van der Waals surface area contributed by atoms with E-state index in [1.54, 1.807) is 0 Å². The third-order valence-corrected chi connectivity index (χ3v) is 9.92. The van der Waals surface area contributed by atoms with E-state index in [2.05, 4.69) is 51.8 Å². The highest BCUT2D eigenvalue weighted by molar-refractivity contribution is 6.74. The maximum Gasteiger partial charge on any atom is 0.250 e. The van der Waals surface area contributed by atoms with Gasteiger partial charge in [-0.25, -0.2) is 10.0 Å². The van der Waals surface area contributed by atoms with Crippen molar-refractivity contribution in [3.63, 3.8) is 0 Å². The molecule has 2 atom stereocenters. The molecule has 1 saturated heterocycles. The van der Waals surface area contributed by atoms with Crippen molar-refractivity contribution < 1.29 is 9.26 Å². The molecule has 4 rings (SSSR count). The highest BCUT2D eigenvalue weighted by Gasteiger charge is 2.48. The van der Waals surface area contributed by atoms with Gasteiger partial charge in [0.25, 0.3) is 0 Å². The standard InChI is InChI=1S/C19H30N2O2Si/c1-14-9-8-10-17(20-14)21-15-11-12-19(5,23-21)13-16(15)22-24(6,7)18(2,3)4/h8-10,13,15H,11-12H2,1-7H3. The Labute approximate surface area is 147 Å². The van der Waals surface area contributed by atoms with Crippen molar-refractivity contribution in [3.8, 4) is 0 Å². The van der Waals surface area contributed by atoms with E-state index in [-0.39, 0.29) is 16.7 Å². The number of pyridine rings is 1. The van der Waals surface area contributed by atoms with Crippen molar-refractivity contribution in [2.75, 3.05) is 5.06 Å². The van der Waals surface area contributed by atoms with Gasteiger partial charge in [0.05, 0.1) is 0 Å². The largest absolute Gasteiger partial charge is 0.545 e. The predicted molar refractivity (Wildman–Crippen MR) is 100 cm³/mol. The number of hydroxylamine groups is 1. The Morgan fingerprint density at radius 1 is 1.33 bits per heavy atom. The van der Waals surface area contributed by atoms with Crippen LogP contribution in [0, 0.1) is 6.92 Å². The highest BCUT2D eigenvalue weighted by atomic mass is 28.4. The third kappa shape index (κ3) is 3.11. The summed E-state index contributed by atoms with van der Waals surface area (Å²) in [7, 11) is -1.88. The van der Waals surface area contributed by atoms with Gasteiger partial charge in [0, 0.05) is 5.69 Å². The van der Waals surface area contributed by atoms with Crippen molar-refractivity contribution >= 4 is 14.1 Å². The van der Waals surface area contributed by atoms with Crippen LogP contribution in [0.4, 0.5) is 5.82 Å². The van der Waals surface area contributed by atoms with Crippen molar-refractivity contribution in [2.24, 2.45) is 0 Å². The third-order valence-electron chi connectivity index (χ3n) is 5.56. The molecule has 4 nitrogen and oxygen atoms in total. The lowest BCUT2D eigenvalue weighted by Crippen LogP contribution is -2.56. The van der Waals surface area contributed by atoms with Gasteiger partial charge < -0.3 is 4.43 Å². The second-order valence-corrected chi connectivity index (χ2v) is 13.6. The summed E-state index contributed by atoms with van der Waals surface area (Å²) in [6, 6.07) is 6.18. The van der Waals surface area contributed by atoms with Crippen LogP contribution in [0.1, 0.15) is 46.2 Å². The average molecular weight is 347 g/mol. The van der Waals surface area contributed by atoms with E-state index in [4.69, 9.17) is 9.26 Å². The second-order valence-electron chi connectivity index (χ2n) is 8.83. The molecule has 1 aromatic heterocycles. The van der Waals surface area contributed by atoms with E-state index < -0.39 is 8.32 Å². The summed E-state index contributed by atoms with van der Waals surface area (Å²) >= 11 is 0. The first-order valence-corrected chi connectivity index (χ1v) is 11.8. The quantitative estimate of drug-likeness (QED) is 0.724. The maximum atomic E-state index is 6.67. The van der Waals surface area contributed by atoms with Crippen LogP contribution in [0.25, 0.3) is 0 Å². The van der Waals surface area contributed by atoms with Crippen LogP contribution in [0.5, 0.6) is 0 Å². The van der Waals surface area contributed by atoms with Crippen LogP contribution in [0.15, 0.2) is 30.0 Å². The van der Waals surface area contributed by atoms with Crippen LogP contribution in [0.3, 0.4) is 0 Å². The van der Waals surface area contributed by atoms with Gasteiger partial charge in [-0.3, -0.25) is 4.84 Å². The Balaban J connectivity index is 1.93. The number of anilines is 1. The van der Waals surface area contributed by atoms with Crippen LogP contribution in [-0.4, -0.2) is 24.9 Å². The smallest absolute Gasteiger partial charge is 0.250 e. The first-order chi connectivity index (χ1) is 11.0. The summed E-state index contributed by atoms with van der Waals surface area (Å²) in [4.78, 5) is 10.9. The summed E-state index contributed by atoms with van der Waals surface area (Å²) in [6.45, 7) is 15.6. The van der Waals surface area contributed by atoms with Gasteiger partial charge in [0.15, 0.2) is 5.82 Å².